The number of hydrogen-bond acceptors (Lipinski definition) is 7. The van der Waals surface area contributed by atoms with Crippen LogP contribution in [-0.2, 0) is 32.1 Å². The van der Waals surface area contributed by atoms with Gasteiger partial charge in [0.25, 0.3) is 5.91 Å². The van der Waals surface area contributed by atoms with Crippen molar-refractivity contribution in [3.05, 3.63) is 114 Å². The molecule has 0 spiro atoms. The van der Waals surface area contributed by atoms with Gasteiger partial charge in [0, 0.05) is 28.9 Å². The smallest absolute Gasteiger partial charge is 0.254 e. The number of carbonyl (C=O) groups is 4. The minimum absolute atomic E-state index is 0.151. The molecule has 1 saturated heterocycles. The zero-order chi connectivity index (χ0) is 35.8. The molecule has 4 aromatic carbocycles. The van der Waals surface area contributed by atoms with E-state index in [0.29, 0.717) is 6.54 Å². The predicted octanol–water partition coefficient (Wildman–Crippen LogP) is 4.83. The van der Waals surface area contributed by atoms with Crippen LogP contribution in [0, 0.1) is 6.92 Å². The monoisotopic (exact) mass is 712 g/mol. The Labute approximate surface area is 302 Å². The van der Waals surface area contributed by atoms with Gasteiger partial charge in [-0.15, -0.1) is 23.5 Å². The predicted molar refractivity (Wildman–Crippen MR) is 201 cm³/mol. The van der Waals surface area contributed by atoms with Crippen LogP contribution in [0.15, 0.2) is 102 Å². The molecule has 0 radical (unpaired) electrons. The number of rotatable bonds is 13. The lowest BCUT2D eigenvalue weighted by atomic mass is 9.97. The summed E-state index contributed by atoms with van der Waals surface area (Å²) in [6, 6.07) is 28.2. The summed E-state index contributed by atoms with van der Waals surface area (Å²) in [4.78, 5) is 56.2. The van der Waals surface area contributed by atoms with Crippen LogP contribution in [-0.4, -0.2) is 74.2 Å². The minimum Gasteiger partial charge on any atom is -0.381 e. The number of aryl methyl sites for hydroxylation is 1. The van der Waals surface area contributed by atoms with E-state index >= 15 is 0 Å². The Morgan fingerprint density at radius 1 is 0.920 bits per heavy atom. The molecule has 4 amide bonds. The lowest BCUT2D eigenvalue weighted by molar-refractivity contribution is -0.148. The number of hydrogen-bond donors (Lipinski definition) is 4. The molecule has 4 aromatic rings. The molecule has 11 heteroatoms. The van der Waals surface area contributed by atoms with Crippen molar-refractivity contribution in [2.24, 2.45) is 0 Å². The Morgan fingerprint density at radius 3 is 2.32 bits per heavy atom. The highest BCUT2D eigenvalue weighted by Gasteiger charge is 2.49. The standard InChI is InChI=1S/C39H44N4O5S2/c1-25-12-8-9-17-30(25)22-40-37(47)35-39(3,4)50-24-43(35)38(48)34(45)32(20-27-13-6-5-7-14-27)42-36(46)33(41-26(2)44)23-49-31-19-18-28-15-10-11-16-29(28)21-31/h5-19,21,32-35,45H,20,22-24H2,1-4H3,(H,40,47)(H,41,44)(H,42,46)/t32-,33+,34-,35+/m0/s1. The fraction of sp³-hybridized carbons (Fsp3) is 0.333. The topological polar surface area (TPSA) is 128 Å². The third kappa shape index (κ3) is 9.26. The molecule has 0 aromatic heterocycles. The third-order valence-corrected chi connectivity index (χ3v) is 11.3. The van der Waals surface area contributed by atoms with Gasteiger partial charge in [-0.3, -0.25) is 19.2 Å². The molecule has 4 N–H and O–H groups in total. The second-order valence-electron chi connectivity index (χ2n) is 13.1. The van der Waals surface area contributed by atoms with Gasteiger partial charge in [0.05, 0.1) is 11.9 Å². The van der Waals surface area contributed by atoms with Crippen LogP contribution in [0.3, 0.4) is 0 Å². The van der Waals surface area contributed by atoms with Gasteiger partial charge < -0.3 is 26.0 Å². The minimum atomic E-state index is -1.66. The van der Waals surface area contributed by atoms with E-state index < -0.39 is 40.8 Å². The van der Waals surface area contributed by atoms with Gasteiger partial charge in [0.2, 0.25) is 17.7 Å². The van der Waals surface area contributed by atoms with Crippen molar-refractivity contribution >= 4 is 57.9 Å². The van der Waals surface area contributed by atoms with E-state index in [1.54, 1.807) is 0 Å². The van der Waals surface area contributed by atoms with Crippen LogP contribution in [0.1, 0.15) is 37.5 Å². The first-order valence-corrected chi connectivity index (χ1v) is 18.6. The average Bonchev–Trinajstić information content (AvgIpc) is 3.43. The number of thioether (sulfide) groups is 2. The number of amides is 4. The summed E-state index contributed by atoms with van der Waals surface area (Å²) in [6.07, 6.45) is -1.51. The first kappa shape index (κ1) is 36.9. The van der Waals surface area contributed by atoms with Crippen LogP contribution >= 0.6 is 23.5 Å². The lowest BCUT2D eigenvalue weighted by Crippen LogP contribution is -2.60. The van der Waals surface area contributed by atoms with Crippen molar-refractivity contribution in [2.75, 3.05) is 11.6 Å². The highest BCUT2D eigenvalue weighted by Crippen LogP contribution is 2.40. The van der Waals surface area contributed by atoms with Crippen molar-refractivity contribution in [2.45, 2.75) is 74.5 Å². The Morgan fingerprint density at radius 2 is 1.60 bits per heavy atom. The molecule has 0 aliphatic carbocycles. The zero-order valence-corrected chi connectivity index (χ0v) is 30.4. The second-order valence-corrected chi connectivity index (χ2v) is 15.7. The fourth-order valence-electron chi connectivity index (χ4n) is 6.10. The van der Waals surface area contributed by atoms with Crippen LogP contribution < -0.4 is 16.0 Å². The van der Waals surface area contributed by atoms with E-state index in [4.69, 9.17) is 0 Å². The van der Waals surface area contributed by atoms with Crippen molar-refractivity contribution in [1.29, 1.82) is 0 Å². The van der Waals surface area contributed by atoms with E-state index in [0.717, 1.165) is 32.4 Å². The number of aliphatic hydroxyl groups is 1. The SMILES string of the molecule is CC(=O)N[C@H](CSc1ccc2ccccc2c1)C(=O)N[C@@H](Cc1ccccc1)[C@H](O)C(=O)N1CSC(C)(C)[C@H]1C(=O)NCc1ccccc1C. The highest BCUT2D eigenvalue weighted by atomic mass is 32.2. The summed E-state index contributed by atoms with van der Waals surface area (Å²) >= 11 is 2.88. The normalized spacial score (nSPS) is 17.1. The molecule has 9 nitrogen and oxygen atoms in total. The first-order valence-electron chi connectivity index (χ1n) is 16.6. The number of benzene rings is 4. The Balaban J connectivity index is 1.33. The average molecular weight is 713 g/mol. The molecule has 4 atom stereocenters. The summed E-state index contributed by atoms with van der Waals surface area (Å²) in [5.41, 5.74) is 2.82. The van der Waals surface area contributed by atoms with Crippen molar-refractivity contribution in [1.82, 2.24) is 20.9 Å². The van der Waals surface area contributed by atoms with E-state index in [1.807, 2.05) is 118 Å². The van der Waals surface area contributed by atoms with E-state index in [1.165, 1.54) is 35.3 Å². The molecule has 50 heavy (non-hydrogen) atoms. The lowest BCUT2D eigenvalue weighted by Gasteiger charge is -2.33. The molecule has 1 fully saturated rings. The highest BCUT2D eigenvalue weighted by molar-refractivity contribution is 8.01. The van der Waals surface area contributed by atoms with Crippen LogP contribution in [0.2, 0.25) is 0 Å². The molecule has 1 heterocycles. The number of aliphatic hydroxyl groups excluding tert-OH is 1. The van der Waals surface area contributed by atoms with Gasteiger partial charge in [0.15, 0.2) is 6.10 Å². The van der Waals surface area contributed by atoms with Gasteiger partial charge in [-0.05, 0) is 66.8 Å². The maximum Gasteiger partial charge on any atom is 0.254 e. The number of nitrogens with zero attached hydrogens (tertiary/aromatic N) is 1. The van der Waals surface area contributed by atoms with Crippen LogP contribution in [0.4, 0.5) is 0 Å². The fourth-order valence-corrected chi connectivity index (χ4v) is 8.21. The molecule has 1 aliphatic heterocycles. The molecular formula is C39H44N4O5S2. The Hall–Kier alpha value is -4.32. The molecule has 5 rings (SSSR count). The Bertz CT molecular complexity index is 1840. The van der Waals surface area contributed by atoms with E-state index in [9.17, 15) is 24.3 Å². The number of fused-ring (bicyclic) bond motifs is 1. The van der Waals surface area contributed by atoms with E-state index in [2.05, 4.69) is 16.0 Å². The summed E-state index contributed by atoms with van der Waals surface area (Å²) in [5.74, 6) is -1.44. The van der Waals surface area contributed by atoms with Crippen molar-refractivity contribution in [3.8, 4) is 0 Å². The molecular weight excluding hydrogens is 669 g/mol. The van der Waals surface area contributed by atoms with Gasteiger partial charge in [-0.25, -0.2) is 0 Å². The van der Waals surface area contributed by atoms with Crippen LogP contribution in [0.25, 0.3) is 10.8 Å². The van der Waals surface area contributed by atoms with Gasteiger partial charge >= 0.3 is 0 Å². The second kappa shape index (κ2) is 16.6. The largest absolute Gasteiger partial charge is 0.381 e. The maximum absolute atomic E-state index is 14.1. The summed E-state index contributed by atoms with van der Waals surface area (Å²) in [7, 11) is 0. The first-order chi connectivity index (χ1) is 23.9. The molecule has 1 aliphatic rings. The van der Waals surface area contributed by atoms with Crippen molar-refractivity contribution in [3.63, 3.8) is 0 Å². The van der Waals surface area contributed by atoms with Gasteiger partial charge in [-0.1, -0.05) is 84.9 Å². The summed E-state index contributed by atoms with van der Waals surface area (Å²) in [5, 5.41) is 22.5. The van der Waals surface area contributed by atoms with Gasteiger partial charge in [0.1, 0.15) is 12.1 Å². The quantitative estimate of drug-likeness (QED) is 0.146. The molecule has 0 unspecified atom stereocenters. The third-order valence-electron chi connectivity index (χ3n) is 8.88. The molecule has 0 bridgehead atoms. The summed E-state index contributed by atoms with van der Waals surface area (Å²) < 4.78 is -0.625. The molecule has 0 saturated carbocycles. The molecule has 262 valence electrons. The zero-order valence-electron chi connectivity index (χ0n) is 28.7. The van der Waals surface area contributed by atoms with Crippen LogP contribution in [0.5, 0.6) is 0 Å². The van der Waals surface area contributed by atoms with Gasteiger partial charge in [-0.2, -0.15) is 0 Å². The van der Waals surface area contributed by atoms with E-state index in [-0.39, 0.29) is 29.9 Å². The maximum atomic E-state index is 14.1. The Kier molecular flexibility index (Phi) is 12.3. The number of nitrogens with one attached hydrogen (secondary N) is 3. The summed E-state index contributed by atoms with van der Waals surface area (Å²) in [6.45, 7) is 7.44. The van der Waals surface area contributed by atoms with Crippen molar-refractivity contribution < 1.29 is 24.3 Å². The number of carbonyl (C=O) groups excluding carboxylic acids is 4.